The van der Waals surface area contributed by atoms with E-state index in [2.05, 4.69) is 20.4 Å². The summed E-state index contributed by atoms with van der Waals surface area (Å²) >= 11 is 0. The molecule has 0 saturated carbocycles. The van der Waals surface area contributed by atoms with Crippen LogP contribution in [0.1, 0.15) is 37.1 Å². The number of likely N-dealkylation sites (tertiary alicyclic amines) is 1. The molecule has 8 nitrogen and oxygen atoms in total. The zero-order chi connectivity index (χ0) is 23.5. The van der Waals surface area contributed by atoms with Crippen LogP contribution in [0.3, 0.4) is 0 Å². The quantitative estimate of drug-likeness (QED) is 0.599. The minimum Gasteiger partial charge on any atom is -0.338 e. The van der Waals surface area contributed by atoms with Crippen molar-refractivity contribution in [1.29, 1.82) is 0 Å². The summed E-state index contributed by atoms with van der Waals surface area (Å²) in [6.45, 7) is 4.87. The monoisotopic (exact) mass is 459 g/mol. The third-order valence-corrected chi connectivity index (χ3v) is 6.53. The van der Waals surface area contributed by atoms with Gasteiger partial charge < -0.3 is 14.7 Å². The van der Waals surface area contributed by atoms with E-state index in [4.69, 9.17) is 4.52 Å². The van der Waals surface area contributed by atoms with Gasteiger partial charge in [-0.1, -0.05) is 35.0 Å². The Morgan fingerprint density at radius 3 is 2.62 bits per heavy atom. The second kappa shape index (κ2) is 9.77. The molecule has 1 unspecified atom stereocenters. The first-order valence-electron chi connectivity index (χ1n) is 11.9. The van der Waals surface area contributed by atoms with Gasteiger partial charge in [0.2, 0.25) is 23.5 Å². The number of nitrogens with one attached hydrogen (secondary N) is 1. The van der Waals surface area contributed by atoms with Crippen LogP contribution in [0.15, 0.2) is 53.1 Å². The van der Waals surface area contributed by atoms with Gasteiger partial charge in [0, 0.05) is 36.4 Å². The lowest BCUT2D eigenvalue weighted by atomic mass is 9.97. The molecule has 3 heterocycles. The van der Waals surface area contributed by atoms with E-state index in [0.29, 0.717) is 31.2 Å². The summed E-state index contributed by atoms with van der Waals surface area (Å²) in [7, 11) is 0. The lowest BCUT2D eigenvalue weighted by Crippen LogP contribution is -2.40. The van der Waals surface area contributed by atoms with Gasteiger partial charge in [-0.3, -0.25) is 14.5 Å². The highest BCUT2D eigenvalue weighted by molar-refractivity contribution is 5.96. The van der Waals surface area contributed by atoms with E-state index in [0.717, 1.165) is 49.3 Å². The normalized spacial score (nSPS) is 18.9. The molecular weight excluding hydrogens is 430 g/mol. The average Bonchev–Trinajstić information content (AvgIpc) is 3.49. The zero-order valence-corrected chi connectivity index (χ0v) is 19.4. The fourth-order valence-electron chi connectivity index (χ4n) is 4.63. The molecule has 8 heteroatoms. The zero-order valence-electron chi connectivity index (χ0n) is 19.4. The van der Waals surface area contributed by atoms with Gasteiger partial charge in [0.1, 0.15) is 0 Å². The van der Waals surface area contributed by atoms with Crippen molar-refractivity contribution in [3.8, 4) is 11.4 Å². The smallest absolute Gasteiger partial charge is 0.241 e. The summed E-state index contributed by atoms with van der Waals surface area (Å²) in [5.74, 6) is 1.21. The molecule has 5 rings (SSSR count). The highest BCUT2D eigenvalue weighted by atomic mass is 16.5. The summed E-state index contributed by atoms with van der Waals surface area (Å²) in [4.78, 5) is 33.4. The summed E-state index contributed by atoms with van der Waals surface area (Å²) in [5, 5.41) is 7.15. The minimum absolute atomic E-state index is 0.0144. The van der Waals surface area contributed by atoms with Crippen molar-refractivity contribution < 1.29 is 14.1 Å². The van der Waals surface area contributed by atoms with Crippen LogP contribution < -0.4 is 10.2 Å². The number of carbonyl (C=O) groups is 2. The van der Waals surface area contributed by atoms with E-state index < -0.39 is 0 Å². The Morgan fingerprint density at radius 1 is 1.09 bits per heavy atom. The Balaban J connectivity index is 1.16. The number of anilines is 2. The van der Waals surface area contributed by atoms with E-state index in [-0.39, 0.29) is 17.7 Å². The van der Waals surface area contributed by atoms with Crippen LogP contribution in [-0.2, 0) is 16.1 Å². The van der Waals surface area contributed by atoms with E-state index in [1.54, 1.807) is 4.90 Å². The topological polar surface area (TPSA) is 91.6 Å². The predicted molar refractivity (Wildman–Crippen MR) is 129 cm³/mol. The first kappa shape index (κ1) is 22.3. The van der Waals surface area contributed by atoms with Crippen LogP contribution in [-0.4, -0.2) is 46.5 Å². The molecule has 1 aromatic heterocycles. The van der Waals surface area contributed by atoms with Crippen molar-refractivity contribution in [3.05, 3.63) is 60.0 Å². The Bertz CT molecular complexity index is 1160. The van der Waals surface area contributed by atoms with Crippen molar-refractivity contribution in [2.75, 3.05) is 29.9 Å². The maximum absolute atomic E-state index is 12.9. The molecule has 0 spiro atoms. The Hall–Kier alpha value is -3.52. The fraction of sp³-hybridized carbons (Fsp3) is 0.385. The van der Waals surface area contributed by atoms with Gasteiger partial charge in [-0.15, -0.1) is 0 Å². The molecular formula is C26H29N5O3. The number of carbonyl (C=O) groups excluding carboxylic acids is 2. The fourth-order valence-corrected chi connectivity index (χ4v) is 4.63. The summed E-state index contributed by atoms with van der Waals surface area (Å²) in [5.41, 5.74) is 3.74. The molecule has 2 fully saturated rings. The van der Waals surface area contributed by atoms with Crippen LogP contribution >= 0.6 is 0 Å². The Kier molecular flexibility index (Phi) is 6.40. The van der Waals surface area contributed by atoms with E-state index in [1.807, 2.05) is 55.5 Å². The second-order valence-electron chi connectivity index (χ2n) is 9.14. The number of aromatic nitrogens is 2. The first-order valence-corrected chi connectivity index (χ1v) is 11.9. The predicted octanol–water partition coefficient (Wildman–Crippen LogP) is 4.02. The highest BCUT2D eigenvalue weighted by Gasteiger charge is 2.27. The van der Waals surface area contributed by atoms with Gasteiger partial charge >= 0.3 is 0 Å². The van der Waals surface area contributed by atoms with Crippen molar-refractivity contribution in [2.45, 2.75) is 39.2 Å². The van der Waals surface area contributed by atoms with Gasteiger partial charge in [-0.05, 0) is 57.0 Å². The number of rotatable bonds is 6. The van der Waals surface area contributed by atoms with Crippen LogP contribution in [0.4, 0.5) is 11.4 Å². The molecule has 1 atom stereocenters. The molecule has 0 bridgehead atoms. The van der Waals surface area contributed by atoms with Crippen molar-refractivity contribution in [1.82, 2.24) is 15.0 Å². The van der Waals surface area contributed by atoms with Crippen LogP contribution in [0.2, 0.25) is 0 Å². The van der Waals surface area contributed by atoms with Crippen molar-refractivity contribution in [3.63, 3.8) is 0 Å². The van der Waals surface area contributed by atoms with Crippen LogP contribution in [0, 0.1) is 12.8 Å². The third-order valence-electron chi connectivity index (χ3n) is 6.53. The molecule has 2 aliphatic rings. The number of piperidine rings is 1. The molecule has 0 radical (unpaired) electrons. The maximum Gasteiger partial charge on any atom is 0.241 e. The largest absolute Gasteiger partial charge is 0.338 e. The van der Waals surface area contributed by atoms with Crippen molar-refractivity contribution in [2.24, 2.45) is 5.92 Å². The molecule has 176 valence electrons. The summed E-state index contributed by atoms with van der Waals surface area (Å²) in [6, 6.07) is 15.5. The van der Waals surface area contributed by atoms with Gasteiger partial charge in [-0.2, -0.15) is 4.98 Å². The first-order chi connectivity index (χ1) is 16.5. The minimum atomic E-state index is -0.104. The van der Waals surface area contributed by atoms with Gasteiger partial charge in [0.25, 0.3) is 0 Å². The molecule has 2 aromatic carbocycles. The average molecular weight is 460 g/mol. The molecule has 2 amide bonds. The molecule has 0 aliphatic carbocycles. The van der Waals surface area contributed by atoms with Gasteiger partial charge in [0.15, 0.2) is 0 Å². The van der Waals surface area contributed by atoms with Gasteiger partial charge in [0.05, 0.1) is 12.5 Å². The molecule has 3 aromatic rings. The third kappa shape index (κ3) is 5.02. The molecule has 1 N–H and O–H groups in total. The highest BCUT2D eigenvalue weighted by Crippen LogP contribution is 2.25. The standard InChI is InChI=1S/C26H29N5O3/c1-18-6-8-19(9-7-18)25-28-23(34-29-25)17-30-14-2-4-20(16-30)26(33)27-21-10-12-22(13-11-21)31-15-3-5-24(31)32/h6-13,20H,2-5,14-17H2,1H3,(H,27,33). The number of amides is 2. The summed E-state index contributed by atoms with van der Waals surface area (Å²) < 4.78 is 5.47. The van der Waals surface area contributed by atoms with Gasteiger partial charge in [-0.25, -0.2) is 0 Å². The maximum atomic E-state index is 12.9. The van der Waals surface area contributed by atoms with E-state index >= 15 is 0 Å². The van der Waals surface area contributed by atoms with Crippen LogP contribution in [0.25, 0.3) is 11.4 Å². The Labute approximate surface area is 198 Å². The second-order valence-corrected chi connectivity index (χ2v) is 9.14. The SMILES string of the molecule is Cc1ccc(-c2noc(CN3CCCC(C(=O)Nc4ccc(N5CCCC5=O)cc4)C3)n2)cc1. The number of hydrogen-bond acceptors (Lipinski definition) is 6. The lowest BCUT2D eigenvalue weighted by Gasteiger charge is -2.30. The number of benzene rings is 2. The lowest BCUT2D eigenvalue weighted by molar-refractivity contribution is -0.121. The Morgan fingerprint density at radius 2 is 1.88 bits per heavy atom. The number of hydrogen-bond donors (Lipinski definition) is 1. The number of aryl methyl sites for hydroxylation is 1. The number of nitrogens with zero attached hydrogens (tertiary/aromatic N) is 4. The van der Waals surface area contributed by atoms with E-state index in [1.165, 1.54) is 5.56 Å². The van der Waals surface area contributed by atoms with Crippen LogP contribution in [0.5, 0.6) is 0 Å². The molecule has 2 aliphatic heterocycles. The van der Waals surface area contributed by atoms with E-state index in [9.17, 15) is 9.59 Å². The molecule has 2 saturated heterocycles. The summed E-state index contributed by atoms with van der Waals surface area (Å²) in [6.07, 6.45) is 3.29. The molecule has 34 heavy (non-hydrogen) atoms. The van der Waals surface area contributed by atoms with Crippen molar-refractivity contribution >= 4 is 23.2 Å².